The van der Waals surface area contributed by atoms with Gasteiger partial charge in [-0.2, -0.15) is 10.5 Å². The average molecular weight is 410 g/mol. The lowest BCUT2D eigenvalue weighted by atomic mass is 9.91. The van der Waals surface area contributed by atoms with E-state index < -0.39 is 11.4 Å². The molecule has 6 nitrogen and oxygen atoms in total. The highest BCUT2D eigenvalue weighted by Crippen LogP contribution is 2.41. The van der Waals surface area contributed by atoms with E-state index in [1.54, 1.807) is 36.4 Å². The number of benzene rings is 3. The first-order chi connectivity index (χ1) is 15.0. The van der Waals surface area contributed by atoms with Crippen LogP contribution in [0.5, 0.6) is 5.75 Å². The largest absolute Gasteiger partial charge is 0.488 e. The van der Waals surface area contributed by atoms with Gasteiger partial charge in [-0.15, -0.1) is 0 Å². The summed E-state index contributed by atoms with van der Waals surface area (Å²) >= 11 is 0. The zero-order valence-corrected chi connectivity index (χ0v) is 16.1. The van der Waals surface area contributed by atoms with Gasteiger partial charge in [-0.25, -0.2) is 4.39 Å². The van der Waals surface area contributed by atoms with E-state index in [9.17, 15) is 19.7 Å². The summed E-state index contributed by atoms with van der Waals surface area (Å²) in [5.74, 6) is -0.268. The number of rotatable bonds is 4. The maximum atomic E-state index is 14.1. The fourth-order valence-electron chi connectivity index (χ4n) is 3.49. The van der Waals surface area contributed by atoms with Gasteiger partial charge in [0.05, 0.1) is 0 Å². The summed E-state index contributed by atoms with van der Waals surface area (Å²) in [7, 11) is 0. The molecule has 0 aliphatic rings. The van der Waals surface area contributed by atoms with Crippen LogP contribution in [0.2, 0.25) is 0 Å². The van der Waals surface area contributed by atoms with Gasteiger partial charge in [0, 0.05) is 16.7 Å². The van der Waals surface area contributed by atoms with Crippen molar-refractivity contribution >= 4 is 16.6 Å². The molecule has 0 radical (unpaired) electrons. The van der Waals surface area contributed by atoms with Crippen molar-refractivity contribution in [1.82, 2.24) is 4.98 Å². The van der Waals surface area contributed by atoms with Crippen LogP contribution in [0.25, 0.3) is 21.9 Å². The molecule has 0 bridgehead atoms. The Balaban J connectivity index is 2.01. The number of halogens is 1. The van der Waals surface area contributed by atoms with Crippen LogP contribution in [0.4, 0.5) is 10.2 Å². The molecule has 4 rings (SSSR count). The number of aromatic nitrogens is 1. The second-order valence-corrected chi connectivity index (χ2v) is 6.76. The van der Waals surface area contributed by atoms with Gasteiger partial charge in [-0.3, -0.25) is 4.79 Å². The number of H-pyrrole nitrogens is 1. The summed E-state index contributed by atoms with van der Waals surface area (Å²) in [6, 6.07) is 20.8. The van der Waals surface area contributed by atoms with Crippen molar-refractivity contribution in [2.24, 2.45) is 0 Å². The summed E-state index contributed by atoms with van der Waals surface area (Å²) in [4.78, 5) is 14.8. The summed E-state index contributed by atoms with van der Waals surface area (Å²) < 4.78 is 20.0. The molecule has 1 heterocycles. The number of hydrogen-bond donors (Lipinski definition) is 2. The molecule has 0 spiro atoms. The van der Waals surface area contributed by atoms with Gasteiger partial charge in [0.1, 0.15) is 47.3 Å². The van der Waals surface area contributed by atoms with Crippen molar-refractivity contribution in [3.63, 3.8) is 0 Å². The number of hydrogen-bond acceptors (Lipinski definition) is 5. The molecule has 0 aliphatic carbocycles. The molecule has 0 fully saturated rings. The number of fused-ring (bicyclic) bond motifs is 1. The quantitative estimate of drug-likeness (QED) is 0.522. The number of nitriles is 2. The van der Waals surface area contributed by atoms with E-state index in [-0.39, 0.29) is 29.1 Å². The van der Waals surface area contributed by atoms with Crippen molar-refractivity contribution in [3.05, 3.63) is 93.5 Å². The highest BCUT2D eigenvalue weighted by molar-refractivity contribution is 6.02. The molecule has 0 aliphatic heterocycles. The number of anilines is 1. The number of nitrogens with zero attached hydrogens (tertiary/aromatic N) is 2. The molecule has 0 saturated carbocycles. The molecule has 150 valence electrons. The minimum Gasteiger partial charge on any atom is -0.488 e. The summed E-state index contributed by atoms with van der Waals surface area (Å²) in [5, 5.41) is 20.9. The third kappa shape index (κ3) is 3.45. The maximum Gasteiger partial charge on any atom is 0.268 e. The Kier molecular flexibility index (Phi) is 5.09. The van der Waals surface area contributed by atoms with Crippen molar-refractivity contribution in [3.8, 4) is 29.0 Å². The van der Waals surface area contributed by atoms with Crippen LogP contribution < -0.4 is 16.0 Å². The Bertz CT molecular complexity index is 1460. The predicted octanol–water partition coefficient (Wildman–Crippen LogP) is 4.24. The van der Waals surface area contributed by atoms with Gasteiger partial charge in [0.25, 0.3) is 5.56 Å². The summed E-state index contributed by atoms with van der Waals surface area (Å²) in [5.41, 5.74) is 5.70. The van der Waals surface area contributed by atoms with E-state index in [0.29, 0.717) is 22.3 Å². The molecular formula is C24H15FN4O2. The van der Waals surface area contributed by atoms with Gasteiger partial charge in [-0.1, -0.05) is 48.5 Å². The maximum absolute atomic E-state index is 14.1. The van der Waals surface area contributed by atoms with Crippen molar-refractivity contribution < 1.29 is 9.13 Å². The molecule has 1 aromatic heterocycles. The first-order valence-corrected chi connectivity index (χ1v) is 9.29. The minimum atomic E-state index is -0.706. The number of aromatic amines is 1. The van der Waals surface area contributed by atoms with E-state index in [1.165, 1.54) is 6.07 Å². The summed E-state index contributed by atoms with van der Waals surface area (Å²) in [6.07, 6.45) is 0. The zero-order chi connectivity index (χ0) is 22.0. The fraction of sp³-hybridized carbons (Fsp3) is 0.0417. The highest BCUT2D eigenvalue weighted by Gasteiger charge is 2.23. The fourth-order valence-corrected chi connectivity index (χ4v) is 3.49. The number of pyridine rings is 1. The topological polar surface area (TPSA) is 116 Å². The van der Waals surface area contributed by atoms with Gasteiger partial charge in [0.15, 0.2) is 0 Å². The lowest BCUT2D eigenvalue weighted by Crippen LogP contribution is -2.16. The summed E-state index contributed by atoms with van der Waals surface area (Å²) in [6.45, 7) is -0.0829. The lowest BCUT2D eigenvalue weighted by molar-refractivity contribution is 0.301. The van der Waals surface area contributed by atoms with E-state index in [1.807, 2.05) is 30.3 Å². The van der Waals surface area contributed by atoms with Crippen LogP contribution >= 0.6 is 0 Å². The Morgan fingerprint density at radius 3 is 2.39 bits per heavy atom. The molecule has 0 atom stereocenters. The Hall–Kier alpha value is -4.62. The number of nitrogen functional groups attached to an aromatic ring is 1. The second kappa shape index (κ2) is 8.02. The predicted molar refractivity (Wildman–Crippen MR) is 115 cm³/mol. The first kappa shape index (κ1) is 19.7. The van der Waals surface area contributed by atoms with E-state index >= 15 is 0 Å². The standard InChI is InChI=1S/C24H15FN4O2/c25-19-8-4-2-6-15(19)13-31-20-10-9-14-5-1-3-7-16(14)22(20)21-17(11-26)23(28)29-24(30)18(21)12-27/h1-10H,13H2,(H3,28,29,30). The van der Waals surface area contributed by atoms with Crippen LogP contribution in [0.1, 0.15) is 16.7 Å². The van der Waals surface area contributed by atoms with Gasteiger partial charge >= 0.3 is 0 Å². The number of ether oxygens (including phenoxy) is 1. The smallest absolute Gasteiger partial charge is 0.268 e. The molecule has 31 heavy (non-hydrogen) atoms. The SMILES string of the molecule is N#Cc1c(N)[nH]c(=O)c(C#N)c1-c1c(OCc2ccccc2F)ccc2ccccc12. The van der Waals surface area contributed by atoms with Crippen LogP contribution in [0.3, 0.4) is 0 Å². The van der Waals surface area contributed by atoms with Crippen LogP contribution in [0.15, 0.2) is 65.5 Å². The molecule has 7 heteroatoms. The number of nitrogens with two attached hydrogens (primary N) is 1. The number of nitrogens with one attached hydrogen (secondary N) is 1. The normalized spacial score (nSPS) is 10.4. The monoisotopic (exact) mass is 410 g/mol. The lowest BCUT2D eigenvalue weighted by Gasteiger charge is -2.17. The molecule has 0 amide bonds. The molecule has 3 N–H and O–H groups in total. The molecule has 0 saturated heterocycles. The van der Waals surface area contributed by atoms with Crippen LogP contribution in [-0.4, -0.2) is 4.98 Å². The van der Waals surface area contributed by atoms with E-state index in [4.69, 9.17) is 10.5 Å². The van der Waals surface area contributed by atoms with Gasteiger partial charge in [0.2, 0.25) is 0 Å². The average Bonchev–Trinajstić information content (AvgIpc) is 2.78. The van der Waals surface area contributed by atoms with Crippen LogP contribution in [0, 0.1) is 28.5 Å². The van der Waals surface area contributed by atoms with Crippen LogP contribution in [-0.2, 0) is 6.61 Å². The molecule has 4 aromatic rings. The van der Waals surface area contributed by atoms with Crippen molar-refractivity contribution in [2.75, 3.05) is 5.73 Å². The zero-order valence-electron chi connectivity index (χ0n) is 16.1. The highest BCUT2D eigenvalue weighted by atomic mass is 19.1. The Morgan fingerprint density at radius 1 is 0.935 bits per heavy atom. The second-order valence-electron chi connectivity index (χ2n) is 6.76. The first-order valence-electron chi connectivity index (χ1n) is 9.29. The molecule has 3 aromatic carbocycles. The Morgan fingerprint density at radius 2 is 1.65 bits per heavy atom. The minimum absolute atomic E-state index is 0.0387. The third-order valence-electron chi connectivity index (χ3n) is 4.95. The van der Waals surface area contributed by atoms with Crippen molar-refractivity contribution in [2.45, 2.75) is 6.61 Å². The van der Waals surface area contributed by atoms with Gasteiger partial charge < -0.3 is 15.5 Å². The van der Waals surface area contributed by atoms with Gasteiger partial charge in [-0.05, 0) is 22.9 Å². The van der Waals surface area contributed by atoms with E-state index in [0.717, 1.165) is 5.39 Å². The molecular weight excluding hydrogens is 395 g/mol. The van der Waals surface area contributed by atoms with E-state index in [2.05, 4.69) is 4.98 Å². The third-order valence-corrected chi connectivity index (χ3v) is 4.95. The Labute approximate surface area is 176 Å². The van der Waals surface area contributed by atoms with Crippen molar-refractivity contribution in [1.29, 1.82) is 10.5 Å². The molecule has 0 unspecified atom stereocenters.